The second-order valence-electron chi connectivity index (χ2n) is 3.99. The van der Waals surface area contributed by atoms with Gasteiger partial charge in [0.25, 0.3) is 0 Å². The Hall–Kier alpha value is -0.490. The molecule has 1 aromatic rings. The van der Waals surface area contributed by atoms with Crippen molar-refractivity contribution in [2.75, 3.05) is 26.2 Å². The van der Waals surface area contributed by atoms with Crippen molar-refractivity contribution >= 4 is 28.3 Å². The maximum absolute atomic E-state index is 9.84. The van der Waals surface area contributed by atoms with Crippen molar-refractivity contribution in [3.05, 3.63) is 22.2 Å². The maximum atomic E-state index is 9.84. The third-order valence-electron chi connectivity index (χ3n) is 2.79. The van der Waals surface area contributed by atoms with E-state index in [1.54, 1.807) is 0 Å². The van der Waals surface area contributed by atoms with Gasteiger partial charge in [0.15, 0.2) is 11.5 Å². The largest absolute Gasteiger partial charge is 0.503 e. The molecule has 0 saturated carbocycles. The van der Waals surface area contributed by atoms with Gasteiger partial charge >= 0.3 is 0 Å². The van der Waals surface area contributed by atoms with Gasteiger partial charge in [0.05, 0.1) is 11.1 Å². The number of nitrogens with one attached hydrogen (secondary N) is 2. The molecule has 1 aliphatic heterocycles. The quantitative estimate of drug-likeness (QED) is 0.791. The van der Waals surface area contributed by atoms with Gasteiger partial charge in [-0.05, 0) is 40.5 Å². The van der Waals surface area contributed by atoms with E-state index in [1.165, 1.54) is 0 Å². The van der Waals surface area contributed by atoms with Crippen LogP contribution in [0.5, 0.6) is 11.5 Å². The second kappa shape index (κ2) is 7.19. The summed E-state index contributed by atoms with van der Waals surface area (Å²) in [6.45, 7) is 5.28. The number of phenols is 1. The van der Waals surface area contributed by atoms with E-state index >= 15 is 0 Å². The van der Waals surface area contributed by atoms with Crippen LogP contribution in [0, 0.1) is 0 Å². The van der Waals surface area contributed by atoms with E-state index < -0.39 is 0 Å². The fourth-order valence-corrected chi connectivity index (χ4v) is 2.41. The minimum Gasteiger partial charge on any atom is -0.503 e. The Morgan fingerprint density at radius 3 is 2.83 bits per heavy atom. The van der Waals surface area contributed by atoms with Crippen molar-refractivity contribution in [3.8, 4) is 11.5 Å². The molecule has 2 rings (SSSR count). The summed E-state index contributed by atoms with van der Waals surface area (Å²) < 4.78 is 6.09. The Bertz CT molecular complexity index is 398. The molecule has 1 heterocycles. The molecule has 0 bridgehead atoms. The van der Waals surface area contributed by atoms with E-state index in [2.05, 4.69) is 26.6 Å². The predicted molar refractivity (Wildman–Crippen MR) is 77.8 cm³/mol. The topological polar surface area (TPSA) is 53.5 Å². The molecular formula is C12H18BrClN2O2. The maximum Gasteiger partial charge on any atom is 0.172 e. The van der Waals surface area contributed by atoms with Crippen molar-refractivity contribution in [1.82, 2.24) is 10.6 Å². The lowest BCUT2D eigenvalue weighted by atomic mass is 10.0. The lowest BCUT2D eigenvalue weighted by molar-refractivity contribution is 0.316. The third-order valence-corrected chi connectivity index (χ3v) is 3.40. The van der Waals surface area contributed by atoms with Crippen LogP contribution in [0.25, 0.3) is 0 Å². The number of ether oxygens (including phenoxy) is 1. The van der Waals surface area contributed by atoms with Crippen LogP contribution in [-0.2, 0) is 0 Å². The van der Waals surface area contributed by atoms with Crippen LogP contribution in [0.3, 0.4) is 0 Å². The van der Waals surface area contributed by atoms with E-state index in [9.17, 15) is 5.11 Å². The molecule has 0 spiro atoms. The summed E-state index contributed by atoms with van der Waals surface area (Å²) in [6.07, 6.45) is 0. The Labute approximate surface area is 122 Å². The molecule has 0 radical (unpaired) electrons. The molecule has 1 fully saturated rings. The van der Waals surface area contributed by atoms with E-state index in [0.29, 0.717) is 16.8 Å². The van der Waals surface area contributed by atoms with Crippen LogP contribution in [0.1, 0.15) is 18.5 Å². The standard InChI is InChI=1S/C12H17BrN2O2.ClH/c1-2-17-11-6-8(5-9(13)12(11)16)10-7-14-3-4-15-10;/h5-6,10,14-16H,2-4,7H2,1H3;1H/t10-;/m1./s1. The first kappa shape index (κ1) is 15.6. The first-order valence-electron chi connectivity index (χ1n) is 5.81. The number of rotatable bonds is 3. The zero-order chi connectivity index (χ0) is 12.3. The molecule has 4 nitrogen and oxygen atoms in total. The average Bonchev–Trinajstić information content (AvgIpc) is 2.36. The lowest BCUT2D eigenvalue weighted by Gasteiger charge is -2.25. The summed E-state index contributed by atoms with van der Waals surface area (Å²) in [4.78, 5) is 0. The number of aromatic hydroxyl groups is 1. The van der Waals surface area contributed by atoms with E-state index in [4.69, 9.17) is 4.74 Å². The van der Waals surface area contributed by atoms with Gasteiger partial charge < -0.3 is 20.5 Å². The summed E-state index contributed by atoms with van der Waals surface area (Å²) in [7, 11) is 0. The van der Waals surface area contributed by atoms with E-state index in [0.717, 1.165) is 25.2 Å². The highest BCUT2D eigenvalue weighted by atomic mass is 79.9. The van der Waals surface area contributed by atoms with Gasteiger partial charge in [-0.15, -0.1) is 12.4 Å². The van der Waals surface area contributed by atoms with Gasteiger partial charge in [0.2, 0.25) is 0 Å². The SMILES string of the molecule is CCOc1cc([C@H]2CNCCN2)cc(Br)c1O.Cl. The minimum atomic E-state index is 0. The number of halogens is 2. The van der Waals surface area contributed by atoms with Gasteiger partial charge in [0, 0.05) is 25.7 Å². The highest BCUT2D eigenvalue weighted by Gasteiger charge is 2.18. The van der Waals surface area contributed by atoms with Crippen molar-refractivity contribution in [2.45, 2.75) is 13.0 Å². The number of hydrogen-bond donors (Lipinski definition) is 3. The minimum absolute atomic E-state index is 0. The molecule has 0 aromatic heterocycles. The molecule has 0 aliphatic carbocycles. The van der Waals surface area contributed by atoms with Crippen LogP contribution < -0.4 is 15.4 Å². The van der Waals surface area contributed by atoms with Crippen molar-refractivity contribution in [2.24, 2.45) is 0 Å². The molecule has 18 heavy (non-hydrogen) atoms. The molecule has 1 atom stereocenters. The molecule has 102 valence electrons. The van der Waals surface area contributed by atoms with Gasteiger partial charge in [-0.25, -0.2) is 0 Å². The highest BCUT2D eigenvalue weighted by Crippen LogP contribution is 2.37. The summed E-state index contributed by atoms with van der Waals surface area (Å²) in [5, 5.41) is 16.6. The second-order valence-corrected chi connectivity index (χ2v) is 4.85. The van der Waals surface area contributed by atoms with E-state index in [-0.39, 0.29) is 24.2 Å². The number of piperazine rings is 1. The lowest BCUT2D eigenvalue weighted by Crippen LogP contribution is -2.42. The molecule has 0 amide bonds. The van der Waals surface area contributed by atoms with Crippen LogP contribution in [0.15, 0.2) is 16.6 Å². The Balaban J connectivity index is 0.00000162. The Kier molecular flexibility index (Phi) is 6.21. The Morgan fingerprint density at radius 1 is 1.44 bits per heavy atom. The number of hydrogen-bond acceptors (Lipinski definition) is 4. The average molecular weight is 338 g/mol. The number of benzene rings is 1. The smallest absolute Gasteiger partial charge is 0.172 e. The molecule has 6 heteroatoms. The molecule has 1 saturated heterocycles. The van der Waals surface area contributed by atoms with Crippen molar-refractivity contribution < 1.29 is 9.84 Å². The van der Waals surface area contributed by atoms with Crippen LogP contribution in [0.2, 0.25) is 0 Å². The van der Waals surface area contributed by atoms with Crippen molar-refractivity contribution in [3.63, 3.8) is 0 Å². The van der Waals surface area contributed by atoms with Crippen LogP contribution >= 0.6 is 28.3 Å². The third kappa shape index (κ3) is 3.51. The van der Waals surface area contributed by atoms with Gasteiger partial charge in [-0.2, -0.15) is 0 Å². The molecule has 1 aromatic carbocycles. The van der Waals surface area contributed by atoms with Crippen LogP contribution in [-0.4, -0.2) is 31.3 Å². The summed E-state index contributed by atoms with van der Waals surface area (Å²) in [5.74, 6) is 0.698. The normalized spacial score (nSPS) is 19.1. The summed E-state index contributed by atoms with van der Waals surface area (Å²) in [6, 6.07) is 4.09. The van der Waals surface area contributed by atoms with Gasteiger partial charge in [0.1, 0.15) is 0 Å². The van der Waals surface area contributed by atoms with Crippen molar-refractivity contribution in [1.29, 1.82) is 0 Å². The highest BCUT2D eigenvalue weighted by molar-refractivity contribution is 9.10. The summed E-state index contributed by atoms with van der Waals surface area (Å²) >= 11 is 3.36. The summed E-state index contributed by atoms with van der Waals surface area (Å²) in [5.41, 5.74) is 1.12. The Morgan fingerprint density at radius 2 is 2.22 bits per heavy atom. The zero-order valence-corrected chi connectivity index (χ0v) is 12.6. The fourth-order valence-electron chi connectivity index (χ4n) is 1.95. The first-order valence-corrected chi connectivity index (χ1v) is 6.61. The van der Waals surface area contributed by atoms with Crippen LogP contribution in [0.4, 0.5) is 0 Å². The molecular weight excluding hydrogens is 320 g/mol. The first-order chi connectivity index (χ1) is 8.22. The predicted octanol–water partition coefficient (Wildman–Crippen LogP) is 2.21. The fraction of sp³-hybridized carbons (Fsp3) is 0.500. The molecule has 1 aliphatic rings. The molecule has 3 N–H and O–H groups in total. The zero-order valence-electron chi connectivity index (χ0n) is 10.2. The molecule has 0 unspecified atom stereocenters. The monoisotopic (exact) mass is 336 g/mol. The van der Waals surface area contributed by atoms with Gasteiger partial charge in [-0.1, -0.05) is 0 Å². The number of phenolic OH excluding ortho intramolecular Hbond substituents is 1. The van der Waals surface area contributed by atoms with E-state index in [1.807, 2.05) is 19.1 Å². The van der Waals surface area contributed by atoms with Gasteiger partial charge in [-0.3, -0.25) is 0 Å².